The molecule has 2 atom stereocenters. The van der Waals surface area contributed by atoms with Crippen LogP contribution in [0.2, 0.25) is 0 Å². The predicted octanol–water partition coefficient (Wildman–Crippen LogP) is 3.53. The van der Waals surface area contributed by atoms with Crippen molar-refractivity contribution in [1.82, 2.24) is 4.98 Å². The van der Waals surface area contributed by atoms with Crippen molar-refractivity contribution in [2.24, 2.45) is 5.92 Å². The largest absolute Gasteiger partial charge is 0.464 e. The van der Waals surface area contributed by atoms with Gasteiger partial charge in [0.05, 0.1) is 12.1 Å². The van der Waals surface area contributed by atoms with Crippen molar-refractivity contribution in [2.45, 2.75) is 45.4 Å². The van der Waals surface area contributed by atoms with Gasteiger partial charge in [-0.05, 0) is 25.7 Å². The zero-order valence-electron chi connectivity index (χ0n) is 10.7. The Kier molecular flexibility index (Phi) is 3.82. The molecule has 0 aromatic carbocycles. The second kappa shape index (κ2) is 5.17. The van der Waals surface area contributed by atoms with E-state index >= 15 is 0 Å². The average Bonchev–Trinajstić information content (AvgIpc) is 2.70. The van der Waals surface area contributed by atoms with Crippen LogP contribution in [0, 0.1) is 12.8 Å². The first kappa shape index (κ1) is 12.6. The molecule has 17 heavy (non-hydrogen) atoms. The van der Waals surface area contributed by atoms with Crippen LogP contribution in [0.25, 0.3) is 0 Å². The highest BCUT2D eigenvalue weighted by molar-refractivity contribution is 7.12. The van der Waals surface area contributed by atoms with Crippen molar-refractivity contribution < 1.29 is 9.53 Å². The third-order valence-corrected chi connectivity index (χ3v) is 4.61. The van der Waals surface area contributed by atoms with E-state index in [9.17, 15) is 4.79 Å². The number of thiazole rings is 1. The van der Waals surface area contributed by atoms with Gasteiger partial charge in [0.15, 0.2) is 5.69 Å². The summed E-state index contributed by atoms with van der Waals surface area (Å²) < 4.78 is 4.74. The molecule has 1 saturated carbocycles. The van der Waals surface area contributed by atoms with E-state index in [0.29, 0.717) is 11.6 Å². The monoisotopic (exact) mass is 253 g/mol. The van der Waals surface area contributed by atoms with E-state index in [0.717, 1.165) is 15.8 Å². The topological polar surface area (TPSA) is 39.2 Å². The number of aromatic nitrogens is 1. The number of aryl methyl sites for hydroxylation is 1. The normalized spacial score (nSPS) is 24.6. The van der Waals surface area contributed by atoms with Crippen LogP contribution >= 0.6 is 11.3 Å². The van der Waals surface area contributed by atoms with Crippen LogP contribution in [0.15, 0.2) is 0 Å². The molecule has 94 valence electrons. The molecule has 1 heterocycles. The zero-order chi connectivity index (χ0) is 12.4. The van der Waals surface area contributed by atoms with Gasteiger partial charge in [-0.25, -0.2) is 9.78 Å². The van der Waals surface area contributed by atoms with Crippen LogP contribution < -0.4 is 0 Å². The molecule has 0 aliphatic heterocycles. The Labute approximate surface area is 106 Å². The first-order valence-electron chi connectivity index (χ1n) is 6.17. The minimum absolute atomic E-state index is 0.311. The molecule has 0 N–H and O–H groups in total. The number of hydrogen-bond donors (Lipinski definition) is 0. The van der Waals surface area contributed by atoms with Crippen LogP contribution in [0.4, 0.5) is 0 Å². The lowest BCUT2D eigenvalue weighted by molar-refractivity contribution is 0.0594. The standard InChI is InChI=1S/C13H19NO2S/c1-8-5-4-6-10(7-8)12-14-11(9(2)17-12)13(15)16-3/h8,10H,4-7H2,1-3H3. The maximum Gasteiger partial charge on any atom is 0.357 e. The lowest BCUT2D eigenvalue weighted by Crippen LogP contribution is -2.12. The highest BCUT2D eigenvalue weighted by Crippen LogP contribution is 2.38. The number of carbonyl (C=O) groups excluding carboxylic acids is 1. The van der Waals surface area contributed by atoms with Gasteiger partial charge in [-0.3, -0.25) is 0 Å². The number of hydrogen-bond acceptors (Lipinski definition) is 4. The molecule has 1 aromatic heterocycles. The number of esters is 1. The summed E-state index contributed by atoms with van der Waals surface area (Å²) in [7, 11) is 1.41. The first-order chi connectivity index (χ1) is 8.11. The second-order valence-corrected chi connectivity index (χ2v) is 6.15. The van der Waals surface area contributed by atoms with Crippen LogP contribution in [-0.4, -0.2) is 18.1 Å². The molecule has 0 radical (unpaired) electrons. The Morgan fingerprint density at radius 1 is 1.47 bits per heavy atom. The summed E-state index contributed by atoms with van der Waals surface area (Å²) in [5, 5.41) is 1.12. The van der Waals surface area contributed by atoms with E-state index in [1.165, 1.54) is 32.8 Å². The van der Waals surface area contributed by atoms with Crippen molar-refractivity contribution in [1.29, 1.82) is 0 Å². The van der Waals surface area contributed by atoms with Gasteiger partial charge in [-0.15, -0.1) is 11.3 Å². The molecule has 1 fully saturated rings. The van der Waals surface area contributed by atoms with E-state index in [1.54, 1.807) is 11.3 Å². The van der Waals surface area contributed by atoms with Gasteiger partial charge in [0.2, 0.25) is 0 Å². The fourth-order valence-electron chi connectivity index (χ4n) is 2.54. The van der Waals surface area contributed by atoms with Crippen LogP contribution in [0.3, 0.4) is 0 Å². The van der Waals surface area contributed by atoms with Gasteiger partial charge in [-0.2, -0.15) is 0 Å². The fourth-order valence-corrected chi connectivity index (χ4v) is 3.59. The van der Waals surface area contributed by atoms with E-state index in [1.807, 2.05) is 6.92 Å². The first-order valence-corrected chi connectivity index (χ1v) is 6.99. The second-order valence-electron chi connectivity index (χ2n) is 4.92. The minimum atomic E-state index is -0.311. The molecular weight excluding hydrogens is 234 g/mol. The lowest BCUT2D eigenvalue weighted by Gasteiger charge is -2.24. The maximum atomic E-state index is 11.5. The summed E-state index contributed by atoms with van der Waals surface area (Å²) in [5.41, 5.74) is 0.505. The molecule has 0 saturated heterocycles. The number of methoxy groups -OCH3 is 1. The molecule has 3 nitrogen and oxygen atoms in total. The molecule has 2 unspecified atom stereocenters. The predicted molar refractivity (Wildman–Crippen MR) is 68.6 cm³/mol. The minimum Gasteiger partial charge on any atom is -0.464 e. The highest BCUT2D eigenvalue weighted by atomic mass is 32.1. The van der Waals surface area contributed by atoms with Gasteiger partial charge in [0, 0.05) is 10.8 Å². The van der Waals surface area contributed by atoms with Crippen molar-refractivity contribution in [3.05, 3.63) is 15.6 Å². The van der Waals surface area contributed by atoms with Gasteiger partial charge >= 0.3 is 5.97 Å². The average molecular weight is 253 g/mol. The van der Waals surface area contributed by atoms with Crippen LogP contribution in [-0.2, 0) is 4.74 Å². The Bertz CT molecular complexity index is 414. The third-order valence-electron chi connectivity index (χ3n) is 3.48. The number of rotatable bonds is 2. The smallest absolute Gasteiger partial charge is 0.357 e. The van der Waals surface area contributed by atoms with Crippen molar-refractivity contribution in [3.8, 4) is 0 Å². The Morgan fingerprint density at radius 3 is 2.88 bits per heavy atom. The summed E-state index contributed by atoms with van der Waals surface area (Å²) in [4.78, 5) is 17.0. The number of ether oxygens (including phenoxy) is 1. The number of nitrogens with zero attached hydrogens (tertiary/aromatic N) is 1. The summed E-state index contributed by atoms with van der Waals surface area (Å²) >= 11 is 1.65. The molecule has 0 spiro atoms. The van der Waals surface area contributed by atoms with Crippen molar-refractivity contribution in [3.63, 3.8) is 0 Å². The summed E-state index contributed by atoms with van der Waals surface area (Å²) in [6.07, 6.45) is 5.01. The third kappa shape index (κ3) is 2.68. The molecule has 0 amide bonds. The van der Waals surface area contributed by atoms with Gasteiger partial charge in [0.1, 0.15) is 0 Å². The van der Waals surface area contributed by atoms with Gasteiger partial charge < -0.3 is 4.74 Å². The maximum absolute atomic E-state index is 11.5. The van der Waals surface area contributed by atoms with E-state index in [4.69, 9.17) is 4.74 Å². The van der Waals surface area contributed by atoms with Gasteiger partial charge in [0.25, 0.3) is 0 Å². The molecule has 2 rings (SSSR count). The van der Waals surface area contributed by atoms with E-state index in [2.05, 4.69) is 11.9 Å². The summed E-state index contributed by atoms with van der Waals surface area (Å²) in [5.74, 6) is 1.01. The Balaban J connectivity index is 2.19. The molecule has 4 heteroatoms. The van der Waals surface area contributed by atoms with Crippen molar-refractivity contribution in [2.75, 3.05) is 7.11 Å². The van der Waals surface area contributed by atoms with Crippen LogP contribution in [0.1, 0.15) is 58.9 Å². The SMILES string of the molecule is COC(=O)c1nc(C2CCCC(C)C2)sc1C. The summed E-state index contributed by atoms with van der Waals surface area (Å²) in [6.45, 7) is 4.24. The Morgan fingerprint density at radius 2 is 2.24 bits per heavy atom. The molecule has 0 bridgehead atoms. The summed E-state index contributed by atoms with van der Waals surface area (Å²) in [6, 6.07) is 0. The Hall–Kier alpha value is -0.900. The lowest BCUT2D eigenvalue weighted by atomic mass is 9.83. The molecule has 1 aromatic rings. The zero-order valence-corrected chi connectivity index (χ0v) is 11.5. The van der Waals surface area contributed by atoms with E-state index in [-0.39, 0.29) is 5.97 Å². The van der Waals surface area contributed by atoms with Gasteiger partial charge in [-0.1, -0.05) is 19.8 Å². The fraction of sp³-hybridized carbons (Fsp3) is 0.692. The quantitative estimate of drug-likeness (QED) is 0.757. The van der Waals surface area contributed by atoms with Crippen LogP contribution in [0.5, 0.6) is 0 Å². The highest BCUT2D eigenvalue weighted by Gasteiger charge is 2.25. The van der Waals surface area contributed by atoms with Crippen molar-refractivity contribution >= 4 is 17.3 Å². The molecular formula is C13H19NO2S. The molecule has 1 aliphatic rings. The van der Waals surface area contributed by atoms with E-state index < -0.39 is 0 Å². The molecule has 1 aliphatic carbocycles. The number of carbonyl (C=O) groups is 1.